The molecule has 59 heavy (non-hydrogen) atoms. The van der Waals surface area contributed by atoms with Crippen LogP contribution >= 0.6 is 11.6 Å². The van der Waals surface area contributed by atoms with Gasteiger partial charge in [-0.2, -0.15) is 13.2 Å². The number of rotatable bonds is 11. The van der Waals surface area contributed by atoms with E-state index in [0.717, 1.165) is 30.4 Å². The highest BCUT2D eigenvalue weighted by Gasteiger charge is 2.42. The number of urea groups is 1. The predicted molar refractivity (Wildman–Crippen MR) is 217 cm³/mol. The number of hydrogen-bond donors (Lipinski definition) is 2. The van der Waals surface area contributed by atoms with Gasteiger partial charge in [0.15, 0.2) is 6.10 Å². The topological polar surface area (TPSA) is 144 Å². The van der Waals surface area contributed by atoms with E-state index in [1.165, 1.54) is 11.0 Å². The number of carbonyl (C=O) groups excluding carboxylic acids is 4. The third-order valence-electron chi connectivity index (χ3n) is 12.2. The molecule has 0 spiro atoms. The number of nitrogen functional groups attached to an aromatic ring is 1. The number of para-hydroxylation sites is 1. The number of benzene rings is 2. The number of esters is 1. The molecule has 14 nitrogen and oxygen atoms in total. The molecule has 4 aliphatic heterocycles. The summed E-state index contributed by atoms with van der Waals surface area (Å²) in [4.78, 5) is 64.8. The molecule has 3 N–H and O–H groups in total. The first-order chi connectivity index (χ1) is 28.0. The van der Waals surface area contributed by atoms with Crippen molar-refractivity contribution in [2.45, 2.75) is 69.3 Å². The van der Waals surface area contributed by atoms with Crippen molar-refractivity contribution in [2.24, 2.45) is 0 Å². The van der Waals surface area contributed by atoms with Gasteiger partial charge < -0.3 is 40.1 Å². The SMILES string of the molecule is CN(C)CCOC(=O)CN1CCN(C2(C)CCN(C(=O)[C@@H](Cc3cc(Cl)c(N)c(C(F)(F)F)c3)OC(=O)N3CCC(N4CCc5ccccc5NC4=O)CC3)CC2)CC1. The third kappa shape index (κ3) is 11.1. The Kier molecular flexibility index (Phi) is 14.2. The minimum Gasteiger partial charge on any atom is -0.463 e. The lowest BCUT2D eigenvalue weighted by Crippen LogP contribution is -2.60. The number of alkyl halides is 3. The van der Waals surface area contributed by atoms with Crippen molar-refractivity contribution in [3.05, 3.63) is 58.1 Å². The lowest BCUT2D eigenvalue weighted by Gasteiger charge is -2.50. The van der Waals surface area contributed by atoms with Crippen molar-refractivity contribution in [1.82, 2.24) is 29.4 Å². The Morgan fingerprint density at radius 2 is 1.66 bits per heavy atom. The van der Waals surface area contributed by atoms with Crippen LogP contribution in [-0.2, 0) is 38.1 Å². The molecule has 0 radical (unpaired) electrons. The van der Waals surface area contributed by atoms with Crippen LogP contribution < -0.4 is 11.1 Å². The van der Waals surface area contributed by atoms with Crippen molar-refractivity contribution < 1.29 is 41.8 Å². The summed E-state index contributed by atoms with van der Waals surface area (Å²) in [6.07, 6.45) is -4.41. The number of piperidine rings is 2. The molecule has 0 aromatic heterocycles. The van der Waals surface area contributed by atoms with Gasteiger partial charge in [0.05, 0.1) is 22.8 Å². The summed E-state index contributed by atoms with van der Waals surface area (Å²) in [7, 11) is 3.83. The van der Waals surface area contributed by atoms with E-state index in [-0.39, 0.29) is 60.2 Å². The molecule has 3 fully saturated rings. The fraction of sp³-hybridized carbons (Fsp3) is 0.610. The highest BCUT2D eigenvalue weighted by molar-refractivity contribution is 6.33. The van der Waals surface area contributed by atoms with E-state index in [2.05, 4.69) is 22.0 Å². The number of carbonyl (C=O) groups is 4. The van der Waals surface area contributed by atoms with Crippen LogP contribution in [0.25, 0.3) is 0 Å². The highest BCUT2D eigenvalue weighted by Crippen LogP contribution is 2.38. The highest BCUT2D eigenvalue weighted by atomic mass is 35.5. The normalized spacial score (nSPS) is 20.1. The van der Waals surface area contributed by atoms with Gasteiger partial charge in [-0.15, -0.1) is 0 Å². The Morgan fingerprint density at radius 1 is 0.983 bits per heavy atom. The fourth-order valence-corrected chi connectivity index (χ4v) is 8.70. The zero-order valence-corrected chi connectivity index (χ0v) is 34.8. The van der Waals surface area contributed by atoms with Crippen molar-refractivity contribution >= 4 is 47.0 Å². The molecular formula is C41H56ClF3N8O6. The number of likely N-dealkylation sites (N-methyl/N-ethyl adjacent to an activating group) is 1. The van der Waals surface area contributed by atoms with E-state index < -0.39 is 35.5 Å². The standard InChI is InChI=1S/C41H56ClF3N8O6/c1-40(52-20-18-49(19-21-52)27-35(54)58-23-22-48(2)3)11-16-50(17-12-40)37(55)34(26-28-24-31(41(43,44)45)36(46)32(42)25-28)59-39(57)51-13-9-30(10-14-51)53-15-8-29-6-4-5-7-33(29)47-38(53)56/h4-7,24-25,30,34H,8-23,26-27,46H2,1-3H3,(H,47,56)/t34-/m1/s1. The van der Waals surface area contributed by atoms with Crippen LogP contribution in [0.2, 0.25) is 5.02 Å². The number of nitrogens with one attached hydrogen (secondary N) is 1. The fourth-order valence-electron chi connectivity index (χ4n) is 8.46. The van der Waals surface area contributed by atoms with E-state index >= 15 is 0 Å². The van der Waals surface area contributed by atoms with Gasteiger partial charge in [-0.25, -0.2) is 9.59 Å². The number of halogens is 4. The van der Waals surface area contributed by atoms with Gasteiger partial charge in [0.25, 0.3) is 5.91 Å². The number of amides is 4. The van der Waals surface area contributed by atoms with E-state index in [9.17, 15) is 32.3 Å². The molecule has 3 saturated heterocycles. The minimum atomic E-state index is -4.80. The van der Waals surface area contributed by atoms with E-state index in [0.29, 0.717) is 78.0 Å². The smallest absolute Gasteiger partial charge is 0.418 e. The Hall–Kier alpha value is -4.32. The lowest BCUT2D eigenvalue weighted by atomic mass is 9.86. The monoisotopic (exact) mass is 848 g/mol. The molecule has 4 aliphatic rings. The quantitative estimate of drug-likeness (QED) is 0.243. The Morgan fingerprint density at radius 3 is 2.32 bits per heavy atom. The van der Waals surface area contributed by atoms with Gasteiger partial charge in [0.1, 0.15) is 6.61 Å². The molecule has 0 unspecified atom stereocenters. The molecule has 2 aromatic carbocycles. The molecule has 0 saturated carbocycles. The zero-order valence-electron chi connectivity index (χ0n) is 34.1. The van der Waals surface area contributed by atoms with Crippen LogP contribution in [-0.4, -0.2) is 164 Å². The maximum Gasteiger partial charge on any atom is 0.418 e. The van der Waals surface area contributed by atoms with E-state index in [4.69, 9.17) is 26.8 Å². The van der Waals surface area contributed by atoms with Crippen molar-refractivity contribution in [3.8, 4) is 0 Å². The molecule has 0 aliphatic carbocycles. The van der Waals surface area contributed by atoms with Crippen LogP contribution in [0.1, 0.15) is 49.3 Å². The second kappa shape index (κ2) is 18.9. The number of piperazine rings is 1. The van der Waals surface area contributed by atoms with Gasteiger partial charge in [-0.1, -0.05) is 29.8 Å². The first-order valence-electron chi connectivity index (χ1n) is 20.3. The van der Waals surface area contributed by atoms with Crippen molar-refractivity contribution in [1.29, 1.82) is 0 Å². The molecule has 18 heteroatoms. The lowest BCUT2D eigenvalue weighted by molar-refractivity contribution is -0.146. The maximum atomic E-state index is 14.3. The van der Waals surface area contributed by atoms with Gasteiger partial charge in [-0.3, -0.25) is 19.4 Å². The number of anilines is 2. The second-order valence-corrected chi connectivity index (χ2v) is 16.9. The molecule has 4 amide bonds. The summed E-state index contributed by atoms with van der Waals surface area (Å²) >= 11 is 6.16. The number of fused-ring (bicyclic) bond motifs is 1. The summed E-state index contributed by atoms with van der Waals surface area (Å²) < 4.78 is 53.1. The van der Waals surface area contributed by atoms with Crippen molar-refractivity contribution in [3.63, 3.8) is 0 Å². The molecule has 2 aromatic rings. The average Bonchev–Trinajstić information content (AvgIpc) is 3.36. The first-order valence-corrected chi connectivity index (χ1v) is 20.7. The number of nitrogens with zero attached hydrogens (tertiary/aromatic N) is 6. The summed E-state index contributed by atoms with van der Waals surface area (Å²) in [5.74, 6) is -0.752. The predicted octanol–water partition coefficient (Wildman–Crippen LogP) is 4.65. The van der Waals surface area contributed by atoms with Gasteiger partial charge >= 0.3 is 24.3 Å². The summed E-state index contributed by atoms with van der Waals surface area (Å²) in [5.41, 5.74) is 5.59. The average molecular weight is 849 g/mol. The van der Waals surface area contributed by atoms with Crippen LogP contribution in [0.15, 0.2) is 36.4 Å². The second-order valence-electron chi connectivity index (χ2n) is 16.5. The molecule has 6 rings (SSSR count). The van der Waals surface area contributed by atoms with Gasteiger partial charge in [-0.05, 0) is 82.4 Å². The number of ether oxygens (including phenoxy) is 2. The number of likely N-dealkylation sites (tertiary alicyclic amines) is 2. The summed E-state index contributed by atoms with van der Waals surface area (Å²) in [5, 5.41) is 2.67. The largest absolute Gasteiger partial charge is 0.463 e. The van der Waals surface area contributed by atoms with Crippen LogP contribution in [0.3, 0.4) is 0 Å². The van der Waals surface area contributed by atoms with Crippen LogP contribution in [0.5, 0.6) is 0 Å². The van der Waals surface area contributed by atoms with Crippen molar-refractivity contribution in [2.75, 3.05) is 104 Å². The van der Waals surface area contributed by atoms with Crippen LogP contribution in [0.4, 0.5) is 34.1 Å². The van der Waals surface area contributed by atoms with E-state index in [1.54, 1.807) is 9.80 Å². The van der Waals surface area contributed by atoms with E-state index in [1.807, 2.05) is 43.3 Å². The molecule has 0 bridgehead atoms. The van der Waals surface area contributed by atoms with Crippen LogP contribution in [0, 0.1) is 0 Å². The molecular weight excluding hydrogens is 793 g/mol. The third-order valence-corrected chi connectivity index (χ3v) is 12.5. The molecule has 1 atom stereocenters. The van der Waals surface area contributed by atoms with Gasteiger partial charge in [0, 0.05) is 89.1 Å². The molecule has 324 valence electrons. The summed E-state index contributed by atoms with van der Waals surface area (Å²) in [6.45, 7) is 8.01. The number of hydrogen-bond acceptors (Lipinski definition) is 10. The van der Waals surface area contributed by atoms with Gasteiger partial charge in [0.2, 0.25) is 0 Å². The Bertz CT molecular complexity index is 1830. The molecule has 4 heterocycles. The zero-order chi connectivity index (χ0) is 42.5. The minimum absolute atomic E-state index is 0.0517. The number of nitrogens with two attached hydrogens (primary N) is 1. The maximum absolute atomic E-state index is 14.3. The summed E-state index contributed by atoms with van der Waals surface area (Å²) in [6, 6.07) is 9.46. The Labute approximate surface area is 348 Å². The first kappa shape index (κ1) is 44.2. The Balaban J connectivity index is 1.08.